The summed E-state index contributed by atoms with van der Waals surface area (Å²) in [6, 6.07) is 0. The number of azide groups is 1. The standard InChI is InChI=1S/C26H48N6O11S/c27-31-30-9-14-39-18-20-42-22-21-41-19-17-38-13-6-25(34)28-7-3-1-2-5-24(43-26(35)29-8-4-12-33)23-44(36,37)32-10-15-40-16-11-32/h12,24H,1-11,13-23H2,(H,28,34)(H,29,35). The van der Waals surface area contributed by atoms with Crippen LogP contribution in [0.25, 0.3) is 10.4 Å². The molecule has 1 saturated heterocycles. The molecule has 0 aromatic heterocycles. The summed E-state index contributed by atoms with van der Waals surface area (Å²) in [5, 5.41) is 8.63. The number of morpholine rings is 1. The molecule has 0 spiro atoms. The van der Waals surface area contributed by atoms with E-state index >= 15 is 0 Å². The maximum absolute atomic E-state index is 12.8. The lowest BCUT2D eigenvalue weighted by atomic mass is 10.1. The molecule has 1 fully saturated rings. The third-order valence-electron chi connectivity index (χ3n) is 6.08. The van der Waals surface area contributed by atoms with E-state index in [1.165, 1.54) is 4.31 Å². The summed E-state index contributed by atoms with van der Waals surface area (Å²) in [7, 11) is -3.64. The van der Waals surface area contributed by atoms with E-state index in [4.69, 9.17) is 34.0 Å². The van der Waals surface area contributed by atoms with E-state index in [9.17, 15) is 22.8 Å². The van der Waals surface area contributed by atoms with Gasteiger partial charge in [0.15, 0.2) is 0 Å². The van der Waals surface area contributed by atoms with Crippen LogP contribution in [0.15, 0.2) is 5.11 Å². The minimum atomic E-state index is -3.64. The summed E-state index contributed by atoms with van der Waals surface area (Å²) in [4.78, 5) is 37.2. The molecule has 0 radical (unpaired) electrons. The zero-order valence-electron chi connectivity index (χ0n) is 25.4. The number of aldehydes is 1. The molecule has 0 bridgehead atoms. The van der Waals surface area contributed by atoms with Gasteiger partial charge in [0.05, 0.1) is 66.1 Å². The number of hydrogen-bond acceptors (Lipinski definition) is 12. The Labute approximate surface area is 259 Å². The maximum atomic E-state index is 12.8. The molecule has 1 aliphatic rings. The predicted molar refractivity (Wildman–Crippen MR) is 159 cm³/mol. The SMILES string of the molecule is [N-]=[N+]=NCCOCCOCCOCCOCCC(=O)NCCCCCC(CS(=O)(=O)N1CCOCC1)OC(=O)NCCC=O. The first-order valence-corrected chi connectivity index (χ1v) is 16.5. The molecule has 2 N–H and O–H groups in total. The van der Waals surface area contributed by atoms with Gasteiger partial charge in [0, 0.05) is 50.5 Å². The fraction of sp³-hybridized carbons (Fsp3) is 0.885. The Bertz CT molecular complexity index is 931. The van der Waals surface area contributed by atoms with Crippen molar-refractivity contribution in [2.45, 2.75) is 44.6 Å². The average molecular weight is 653 g/mol. The Morgan fingerprint density at radius 2 is 1.55 bits per heavy atom. The third-order valence-corrected chi connectivity index (χ3v) is 8.02. The number of unbranched alkanes of at least 4 members (excludes halogenated alkanes) is 2. The van der Waals surface area contributed by atoms with Gasteiger partial charge in [-0.2, -0.15) is 4.31 Å². The number of sulfonamides is 1. The number of rotatable bonds is 28. The molecule has 18 heteroatoms. The molecule has 1 atom stereocenters. The van der Waals surface area contributed by atoms with Crippen molar-refractivity contribution in [2.24, 2.45) is 5.11 Å². The van der Waals surface area contributed by atoms with Crippen LogP contribution in [0.4, 0.5) is 4.79 Å². The molecule has 1 heterocycles. The summed E-state index contributed by atoms with van der Waals surface area (Å²) in [5.41, 5.74) is 8.14. The van der Waals surface area contributed by atoms with E-state index in [1.54, 1.807) is 0 Å². The van der Waals surface area contributed by atoms with Crippen LogP contribution in [0.5, 0.6) is 0 Å². The molecule has 1 rings (SSSR count). The van der Waals surface area contributed by atoms with Gasteiger partial charge in [0.25, 0.3) is 0 Å². The quantitative estimate of drug-likeness (QED) is 0.0396. The largest absolute Gasteiger partial charge is 0.445 e. The lowest BCUT2D eigenvalue weighted by molar-refractivity contribution is -0.122. The molecule has 1 aliphatic heterocycles. The van der Waals surface area contributed by atoms with Crippen molar-refractivity contribution in [3.63, 3.8) is 0 Å². The Balaban J connectivity index is 2.11. The van der Waals surface area contributed by atoms with Crippen molar-refractivity contribution in [3.8, 4) is 0 Å². The number of alkyl carbamates (subject to hydrolysis) is 1. The predicted octanol–water partition coefficient (Wildman–Crippen LogP) is 0.776. The van der Waals surface area contributed by atoms with E-state index < -0.39 is 22.2 Å². The van der Waals surface area contributed by atoms with Gasteiger partial charge < -0.3 is 43.8 Å². The molecule has 2 amide bonds. The van der Waals surface area contributed by atoms with Gasteiger partial charge in [0.1, 0.15) is 18.1 Å². The summed E-state index contributed by atoms with van der Waals surface area (Å²) in [5.74, 6) is -0.466. The van der Waals surface area contributed by atoms with Crippen LogP contribution in [0.1, 0.15) is 38.5 Å². The van der Waals surface area contributed by atoms with Gasteiger partial charge in [-0.05, 0) is 24.8 Å². The highest BCUT2D eigenvalue weighted by molar-refractivity contribution is 7.89. The lowest BCUT2D eigenvalue weighted by Crippen LogP contribution is -2.44. The van der Waals surface area contributed by atoms with Crippen LogP contribution in [-0.2, 0) is 48.0 Å². The molecular formula is C26H48N6O11S. The molecule has 1 unspecified atom stereocenters. The molecular weight excluding hydrogens is 604 g/mol. The van der Waals surface area contributed by atoms with Crippen LogP contribution in [0.2, 0.25) is 0 Å². The van der Waals surface area contributed by atoms with E-state index in [0.717, 1.165) is 0 Å². The van der Waals surface area contributed by atoms with Crippen molar-refractivity contribution in [3.05, 3.63) is 10.4 Å². The van der Waals surface area contributed by atoms with Crippen LogP contribution in [-0.4, -0.2) is 142 Å². The van der Waals surface area contributed by atoms with Crippen molar-refractivity contribution in [1.82, 2.24) is 14.9 Å². The van der Waals surface area contributed by atoms with Gasteiger partial charge in [-0.3, -0.25) is 4.79 Å². The fourth-order valence-electron chi connectivity index (χ4n) is 3.83. The molecule has 254 valence electrons. The Morgan fingerprint density at radius 3 is 2.18 bits per heavy atom. The minimum absolute atomic E-state index is 0.111. The molecule has 0 aromatic rings. The second-order valence-corrected chi connectivity index (χ2v) is 11.6. The van der Waals surface area contributed by atoms with E-state index in [2.05, 4.69) is 20.7 Å². The number of carbonyl (C=O) groups is 3. The zero-order valence-corrected chi connectivity index (χ0v) is 26.2. The van der Waals surface area contributed by atoms with E-state index in [1.807, 2.05) is 0 Å². The smallest absolute Gasteiger partial charge is 0.407 e. The van der Waals surface area contributed by atoms with Gasteiger partial charge in [-0.1, -0.05) is 11.5 Å². The summed E-state index contributed by atoms with van der Waals surface area (Å²) in [6.07, 6.45) is 1.74. The monoisotopic (exact) mass is 652 g/mol. The number of ether oxygens (including phenoxy) is 6. The Kier molecular flexibility index (Phi) is 24.0. The fourth-order valence-corrected chi connectivity index (χ4v) is 5.46. The van der Waals surface area contributed by atoms with Gasteiger partial charge >= 0.3 is 6.09 Å². The summed E-state index contributed by atoms with van der Waals surface area (Å²) < 4.78 is 58.9. The Morgan fingerprint density at radius 1 is 0.909 bits per heavy atom. The number of amides is 2. The normalized spacial score (nSPS) is 14.4. The van der Waals surface area contributed by atoms with Crippen molar-refractivity contribution < 1.29 is 51.2 Å². The van der Waals surface area contributed by atoms with Crippen LogP contribution in [0.3, 0.4) is 0 Å². The van der Waals surface area contributed by atoms with Gasteiger partial charge in [0.2, 0.25) is 15.9 Å². The Hall–Kier alpha value is -2.57. The highest BCUT2D eigenvalue weighted by Gasteiger charge is 2.29. The number of nitrogens with one attached hydrogen (secondary N) is 2. The van der Waals surface area contributed by atoms with Gasteiger partial charge in [-0.25, -0.2) is 13.2 Å². The van der Waals surface area contributed by atoms with Crippen molar-refractivity contribution in [1.29, 1.82) is 0 Å². The molecule has 44 heavy (non-hydrogen) atoms. The van der Waals surface area contributed by atoms with Crippen molar-refractivity contribution in [2.75, 3.05) is 105 Å². The van der Waals surface area contributed by atoms with E-state index in [-0.39, 0.29) is 50.7 Å². The highest BCUT2D eigenvalue weighted by Crippen LogP contribution is 2.14. The van der Waals surface area contributed by atoms with Gasteiger partial charge in [-0.15, -0.1) is 0 Å². The van der Waals surface area contributed by atoms with E-state index in [0.29, 0.717) is 105 Å². The first kappa shape index (κ1) is 39.5. The van der Waals surface area contributed by atoms with Crippen LogP contribution < -0.4 is 10.6 Å². The molecule has 0 aliphatic carbocycles. The molecule has 0 saturated carbocycles. The summed E-state index contributed by atoms with van der Waals surface area (Å²) in [6.45, 7) is 5.05. The minimum Gasteiger partial charge on any atom is -0.445 e. The maximum Gasteiger partial charge on any atom is 0.407 e. The second kappa shape index (κ2) is 26.8. The average Bonchev–Trinajstić information content (AvgIpc) is 3.01. The third kappa shape index (κ3) is 22.0. The lowest BCUT2D eigenvalue weighted by Gasteiger charge is -2.28. The first-order chi connectivity index (χ1) is 21.4. The molecule has 0 aromatic carbocycles. The second-order valence-electron chi connectivity index (χ2n) is 9.55. The molecule has 17 nitrogen and oxygen atoms in total. The zero-order chi connectivity index (χ0) is 32.1. The number of nitrogens with zero attached hydrogens (tertiary/aromatic N) is 4. The summed E-state index contributed by atoms with van der Waals surface area (Å²) >= 11 is 0. The van der Waals surface area contributed by atoms with Crippen LogP contribution in [0, 0.1) is 0 Å². The highest BCUT2D eigenvalue weighted by atomic mass is 32.2. The first-order valence-electron chi connectivity index (χ1n) is 14.9. The number of hydrogen-bond donors (Lipinski definition) is 2. The van der Waals surface area contributed by atoms with Crippen molar-refractivity contribution >= 4 is 28.3 Å². The topological polar surface area (TPSA) is 217 Å². The van der Waals surface area contributed by atoms with Crippen LogP contribution >= 0.6 is 0 Å². The number of carbonyl (C=O) groups excluding carboxylic acids is 3.